The molecule has 0 unspecified atom stereocenters. The lowest BCUT2D eigenvalue weighted by Gasteiger charge is -2.06. The zero-order valence-electron chi connectivity index (χ0n) is 11.2. The van der Waals surface area contributed by atoms with Crippen LogP contribution >= 0.6 is 0 Å². The summed E-state index contributed by atoms with van der Waals surface area (Å²) < 4.78 is 1.28. The zero-order valence-corrected chi connectivity index (χ0v) is 11.2. The van der Waals surface area contributed by atoms with Crippen molar-refractivity contribution in [2.75, 3.05) is 6.54 Å². The highest BCUT2D eigenvalue weighted by Crippen LogP contribution is 2.01. The average molecular weight is 271 g/mol. The monoisotopic (exact) mass is 271 g/mol. The molecule has 0 spiro atoms. The summed E-state index contributed by atoms with van der Waals surface area (Å²) in [5.74, 6) is -0.173. The highest BCUT2D eigenvalue weighted by Gasteiger charge is 2.03. The first kappa shape index (κ1) is 14.0. The molecule has 1 heterocycles. The van der Waals surface area contributed by atoms with Gasteiger partial charge in [0.05, 0.1) is 6.33 Å². The van der Waals surface area contributed by atoms with E-state index >= 15 is 0 Å². The van der Waals surface area contributed by atoms with E-state index < -0.39 is 0 Å². The molecule has 20 heavy (non-hydrogen) atoms. The number of nitrogens with one attached hydrogen (secondary N) is 1. The first-order valence-corrected chi connectivity index (χ1v) is 6.57. The van der Waals surface area contributed by atoms with Gasteiger partial charge in [0.1, 0.15) is 6.54 Å². The Morgan fingerprint density at radius 3 is 2.75 bits per heavy atom. The van der Waals surface area contributed by atoms with E-state index in [4.69, 9.17) is 0 Å². The number of aromatic nitrogens is 2. The summed E-state index contributed by atoms with van der Waals surface area (Å²) in [4.78, 5) is 26.9. The van der Waals surface area contributed by atoms with Gasteiger partial charge in [-0.1, -0.05) is 30.3 Å². The summed E-state index contributed by atoms with van der Waals surface area (Å²) in [6, 6.07) is 11.5. The molecule has 104 valence electrons. The molecule has 1 aromatic heterocycles. The van der Waals surface area contributed by atoms with E-state index in [-0.39, 0.29) is 18.0 Å². The minimum absolute atomic E-state index is 0.0119. The molecular formula is C15H17N3O2. The van der Waals surface area contributed by atoms with Crippen molar-refractivity contribution in [1.29, 1.82) is 0 Å². The Balaban J connectivity index is 1.71. The molecule has 0 saturated carbocycles. The fourth-order valence-electron chi connectivity index (χ4n) is 1.87. The number of rotatable bonds is 6. The van der Waals surface area contributed by atoms with Crippen LogP contribution in [-0.2, 0) is 17.8 Å². The molecule has 5 heteroatoms. The third kappa shape index (κ3) is 4.35. The number of nitrogens with zero attached hydrogens (tertiary/aromatic N) is 2. The molecule has 5 nitrogen and oxygen atoms in total. The van der Waals surface area contributed by atoms with Crippen LogP contribution in [0.25, 0.3) is 0 Å². The Morgan fingerprint density at radius 1 is 1.20 bits per heavy atom. The molecule has 1 aromatic carbocycles. The number of benzene rings is 1. The number of carbonyl (C=O) groups excluding carboxylic acids is 1. The molecule has 0 aliphatic carbocycles. The molecular weight excluding hydrogens is 254 g/mol. The van der Waals surface area contributed by atoms with Gasteiger partial charge in [0, 0.05) is 18.8 Å². The quantitative estimate of drug-likeness (QED) is 0.797. The molecule has 1 amide bonds. The summed E-state index contributed by atoms with van der Waals surface area (Å²) >= 11 is 0. The summed E-state index contributed by atoms with van der Waals surface area (Å²) in [5, 5.41) is 2.80. The number of hydrogen-bond acceptors (Lipinski definition) is 3. The Kier molecular flexibility index (Phi) is 5.06. The predicted molar refractivity (Wildman–Crippen MR) is 76.3 cm³/mol. The topological polar surface area (TPSA) is 64.0 Å². The molecule has 2 rings (SSSR count). The molecule has 0 aliphatic rings. The lowest BCUT2D eigenvalue weighted by Crippen LogP contribution is -2.32. The number of amides is 1. The van der Waals surface area contributed by atoms with E-state index in [1.54, 1.807) is 0 Å². The molecule has 0 saturated heterocycles. The first-order valence-electron chi connectivity index (χ1n) is 6.57. The highest BCUT2D eigenvalue weighted by atomic mass is 16.2. The third-order valence-corrected chi connectivity index (χ3v) is 2.91. The van der Waals surface area contributed by atoms with E-state index in [1.165, 1.54) is 28.7 Å². The summed E-state index contributed by atoms with van der Waals surface area (Å²) in [6.07, 6.45) is 4.58. The Labute approximate surface area is 117 Å². The zero-order chi connectivity index (χ0) is 14.2. The maximum absolute atomic E-state index is 11.7. The van der Waals surface area contributed by atoms with Crippen LogP contribution in [0.2, 0.25) is 0 Å². The van der Waals surface area contributed by atoms with Crippen LogP contribution in [0.5, 0.6) is 0 Å². The SMILES string of the molecule is O=C(Cn1cnccc1=O)NCCCc1ccccc1. The number of hydrogen-bond donors (Lipinski definition) is 1. The number of carbonyl (C=O) groups is 1. The standard InChI is InChI=1S/C15H17N3O2/c19-14(11-18-12-16-10-8-15(18)20)17-9-4-7-13-5-2-1-3-6-13/h1-3,5-6,8,10,12H,4,7,9,11H2,(H,17,19). The molecule has 0 atom stereocenters. The van der Waals surface area contributed by atoms with Crippen molar-refractivity contribution in [2.24, 2.45) is 0 Å². The van der Waals surface area contributed by atoms with E-state index in [0.29, 0.717) is 6.54 Å². The van der Waals surface area contributed by atoms with Crippen molar-refractivity contribution in [3.63, 3.8) is 0 Å². The van der Waals surface area contributed by atoms with Crippen molar-refractivity contribution >= 4 is 5.91 Å². The van der Waals surface area contributed by atoms with Crippen LogP contribution in [0, 0.1) is 0 Å². The largest absolute Gasteiger partial charge is 0.355 e. The van der Waals surface area contributed by atoms with Gasteiger partial charge >= 0.3 is 0 Å². The van der Waals surface area contributed by atoms with Gasteiger partial charge in [0.25, 0.3) is 5.56 Å². The van der Waals surface area contributed by atoms with Crippen LogP contribution in [0.4, 0.5) is 0 Å². The normalized spacial score (nSPS) is 10.2. The van der Waals surface area contributed by atoms with Gasteiger partial charge in [0.15, 0.2) is 0 Å². The van der Waals surface area contributed by atoms with Gasteiger partial charge < -0.3 is 5.32 Å². The Bertz CT molecular complexity index is 608. The second-order valence-electron chi connectivity index (χ2n) is 4.49. The highest BCUT2D eigenvalue weighted by molar-refractivity contribution is 5.75. The van der Waals surface area contributed by atoms with Crippen LogP contribution in [-0.4, -0.2) is 22.0 Å². The van der Waals surface area contributed by atoms with Crippen molar-refractivity contribution in [3.8, 4) is 0 Å². The molecule has 1 N–H and O–H groups in total. The Morgan fingerprint density at radius 2 is 2.00 bits per heavy atom. The maximum atomic E-state index is 11.7. The van der Waals surface area contributed by atoms with Gasteiger partial charge in [-0.2, -0.15) is 0 Å². The molecule has 2 aromatic rings. The lowest BCUT2D eigenvalue weighted by molar-refractivity contribution is -0.121. The van der Waals surface area contributed by atoms with Crippen molar-refractivity contribution in [2.45, 2.75) is 19.4 Å². The first-order chi connectivity index (χ1) is 9.75. The minimum atomic E-state index is -0.223. The smallest absolute Gasteiger partial charge is 0.253 e. The molecule has 0 aliphatic heterocycles. The second kappa shape index (κ2) is 7.23. The van der Waals surface area contributed by atoms with E-state index in [0.717, 1.165) is 12.8 Å². The Hall–Kier alpha value is -2.43. The maximum Gasteiger partial charge on any atom is 0.253 e. The van der Waals surface area contributed by atoms with Crippen LogP contribution < -0.4 is 10.9 Å². The van der Waals surface area contributed by atoms with E-state index in [9.17, 15) is 9.59 Å². The number of aryl methyl sites for hydroxylation is 1. The van der Waals surface area contributed by atoms with E-state index in [1.807, 2.05) is 18.2 Å². The minimum Gasteiger partial charge on any atom is -0.355 e. The van der Waals surface area contributed by atoms with Crippen molar-refractivity contribution in [3.05, 3.63) is 64.8 Å². The molecule has 0 fully saturated rings. The molecule has 0 bridgehead atoms. The van der Waals surface area contributed by atoms with Crippen molar-refractivity contribution < 1.29 is 4.79 Å². The van der Waals surface area contributed by atoms with Gasteiger partial charge in [-0.05, 0) is 18.4 Å². The average Bonchev–Trinajstić information content (AvgIpc) is 2.47. The third-order valence-electron chi connectivity index (χ3n) is 2.91. The molecule has 0 radical (unpaired) electrons. The lowest BCUT2D eigenvalue weighted by atomic mass is 10.1. The fourth-order valence-corrected chi connectivity index (χ4v) is 1.87. The summed E-state index contributed by atoms with van der Waals surface area (Å²) in [7, 11) is 0. The summed E-state index contributed by atoms with van der Waals surface area (Å²) in [5.41, 5.74) is 1.03. The van der Waals surface area contributed by atoms with Crippen LogP contribution in [0.1, 0.15) is 12.0 Å². The summed E-state index contributed by atoms with van der Waals surface area (Å²) in [6.45, 7) is 0.612. The van der Waals surface area contributed by atoms with Gasteiger partial charge in [-0.15, -0.1) is 0 Å². The second-order valence-corrected chi connectivity index (χ2v) is 4.49. The van der Waals surface area contributed by atoms with Gasteiger partial charge in [0.2, 0.25) is 5.91 Å². The van der Waals surface area contributed by atoms with Gasteiger partial charge in [-0.25, -0.2) is 4.98 Å². The van der Waals surface area contributed by atoms with Crippen LogP contribution in [0.15, 0.2) is 53.7 Å². The van der Waals surface area contributed by atoms with E-state index in [2.05, 4.69) is 22.4 Å². The van der Waals surface area contributed by atoms with Crippen molar-refractivity contribution in [1.82, 2.24) is 14.9 Å². The predicted octanol–water partition coefficient (Wildman–Crippen LogP) is 0.992. The fraction of sp³-hybridized carbons (Fsp3) is 0.267. The van der Waals surface area contributed by atoms with Gasteiger partial charge in [-0.3, -0.25) is 14.2 Å². The van der Waals surface area contributed by atoms with Crippen LogP contribution in [0.3, 0.4) is 0 Å².